The first-order valence-electron chi connectivity index (χ1n) is 9.19. The molecule has 0 bridgehead atoms. The smallest absolute Gasteiger partial charge is 0.224 e. The molecule has 2 aliphatic rings. The van der Waals surface area contributed by atoms with E-state index in [1.807, 2.05) is 6.07 Å². The second-order valence-electron chi connectivity index (χ2n) is 7.29. The summed E-state index contributed by atoms with van der Waals surface area (Å²) in [5.74, 6) is 0.0735. The van der Waals surface area contributed by atoms with Crippen LogP contribution in [0.2, 0.25) is 10.0 Å². The average molecular weight is 384 g/mol. The van der Waals surface area contributed by atoms with Gasteiger partial charge in [-0.15, -0.1) is 0 Å². The highest BCUT2D eigenvalue weighted by atomic mass is 35.5. The predicted octanol–water partition coefficient (Wildman–Crippen LogP) is 3.21. The van der Waals surface area contributed by atoms with E-state index in [9.17, 15) is 4.79 Å². The van der Waals surface area contributed by atoms with Gasteiger partial charge in [-0.3, -0.25) is 9.69 Å². The van der Waals surface area contributed by atoms with Crippen LogP contribution in [-0.2, 0) is 11.2 Å². The van der Waals surface area contributed by atoms with E-state index in [1.165, 1.54) is 19.3 Å². The Kier molecular flexibility index (Phi) is 6.61. The van der Waals surface area contributed by atoms with Crippen LogP contribution < -0.4 is 5.32 Å². The molecule has 0 radical (unpaired) electrons. The van der Waals surface area contributed by atoms with Gasteiger partial charge >= 0.3 is 0 Å². The normalized spacial score (nSPS) is 25.7. The molecule has 1 aliphatic heterocycles. The van der Waals surface area contributed by atoms with E-state index in [-0.39, 0.29) is 11.9 Å². The van der Waals surface area contributed by atoms with Crippen molar-refractivity contribution in [3.63, 3.8) is 0 Å². The summed E-state index contributed by atoms with van der Waals surface area (Å²) in [6, 6.07) is 6.13. The predicted molar refractivity (Wildman–Crippen MR) is 103 cm³/mol. The highest BCUT2D eigenvalue weighted by Gasteiger charge is 2.32. The number of nitrogens with one attached hydrogen (secondary N) is 1. The van der Waals surface area contributed by atoms with Crippen LogP contribution >= 0.6 is 23.2 Å². The van der Waals surface area contributed by atoms with E-state index in [2.05, 4.69) is 22.2 Å². The quantitative estimate of drug-likeness (QED) is 0.866. The minimum Gasteiger partial charge on any atom is -0.352 e. The van der Waals surface area contributed by atoms with Crippen molar-refractivity contribution in [1.82, 2.24) is 15.1 Å². The number of carbonyl (C=O) groups excluding carboxylic acids is 1. The molecule has 0 aromatic heterocycles. The highest BCUT2D eigenvalue weighted by Crippen LogP contribution is 2.25. The minimum absolute atomic E-state index is 0.0735. The van der Waals surface area contributed by atoms with Crippen LogP contribution in [0.3, 0.4) is 0 Å². The summed E-state index contributed by atoms with van der Waals surface area (Å²) in [5.41, 5.74) is 0.902. The molecule has 1 aromatic carbocycles. The third-order valence-corrected chi connectivity index (χ3v) is 6.17. The molecule has 1 aromatic rings. The summed E-state index contributed by atoms with van der Waals surface area (Å²) in [6.07, 6.45) is 5.06. The van der Waals surface area contributed by atoms with Gasteiger partial charge in [-0.25, -0.2) is 0 Å². The summed E-state index contributed by atoms with van der Waals surface area (Å²) in [7, 11) is 2.18. The van der Waals surface area contributed by atoms with Crippen molar-refractivity contribution in [2.45, 2.75) is 44.2 Å². The highest BCUT2D eigenvalue weighted by molar-refractivity contribution is 6.42. The monoisotopic (exact) mass is 383 g/mol. The molecule has 2 atom stereocenters. The molecule has 6 heteroatoms. The van der Waals surface area contributed by atoms with E-state index in [0.717, 1.165) is 38.2 Å². The molecule has 1 amide bonds. The fourth-order valence-electron chi connectivity index (χ4n) is 3.96. The number of piperazine rings is 1. The van der Waals surface area contributed by atoms with E-state index in [0.29, 0.717) is 22.5 Å². The molecule has 4 nitrogen and oxygen atoms in total. The van der Waals surface area contributed by atoms with Crippen LogP contribution in [0.25, 0.3) is 0 Å². The fraction of sp³-hybridized carbons (Fsp3) is 0.632. The number of amides is 1. The van der Waals surface area contributed by atoms with E-state index >= 15 is 0 Å². The lowest BCUT2D eigenvalue weighted by atomic mass is 9.88. The maximum absolute atomic E-state index is 12.5. The number of rotatable bonds is 4. The third kappa shape index (κ3) is 5.10. The standard InChI is InChI=1S/C19H27Cl2N3O/c1-23-8-10-24(11-9-23)18-5-3-2-4-17(18)22-19(25)13-14-6-7-15(20)16(21)12-14/h6-7,12,17-18H,2-5,8-11,13H2,1H3,(H,22,25). The Morgan fingerprint density at radius 2 is 1.84 bits per heavy atom. The van der Waals surface area contributed by atoms with Crippen LogP contribution in [0.4, 0.5) is 0 Å². The lowest BCUT2D eigenvalue weighted by Gasteiger charge is -2.43. The van der Waals surface area contributed by atoms with Gasteiger partial charge in [0.05, 0.1) is 16.5 Å². The maximum Gasteiger partial charge on any atom is 0.224 e. The zero-order valence-corrected chi connectivity index (χ0v) is 16.3. The van der Waals surface area contributed by atoms with E-state index in [4.69, 9.17) is 23.2 Å². The number of nitrogens with zero attached hydrogens (tertiary/aromatic N) is 2. The van der Waals surface area contributed by atoms with Crippen molar-refractivity contribution in [3.05, 3.63) is 33.8 Å². The Hall–Kier alpha value is -0.810. The van der Waals surface area contributed by atoms with Crippen molar-refractivity contribution in [3.8, 4) is 0 Å². The Morgan fingerprint density at radius 3 is 2.56 bits per heavy atom. The van der Waals surface area contributed by atoms with Gasteiger partial charge in [0.1, 0.15) is 0 Å². The molecule has 1 aliphatic carbocycles. The molecular weight excluding hydrogens is 357 g/mol. The summed E-state index contributed by atoms with van der Waals surface area (Å²) in [5, 5.41) is 4.31. The molecule has 2 unspecified atom stereocenters. The average Bonchev–Trinajstić information content (AvgIpc) is 2.59. The molecule has 0 spiro atoms. The first-order chi connectivity index (χ1) is 12.0. The zero-order valence-electron chi connectivity index (χ0n) is 14.8. The second-order valence-corrected chi connectivity index (χ2v) is 8.10. The summed E-state index contributed by atoms with van der Waals surface area (Å²) >= 11 is 12.0. The molecule has 1 heterocycles. The largest absolute Gasteiger partial charge is 0.352 e. The Balaban J connectivity index is 1.58. The number of benzene rings is 1. The van der Waals surface area contributed by atoms with Crippen molar-refractivity contribution in [1.29, 1.82) is 0 Å². The lowest BCUT2D eigenvalue weighted by Crippen LogP contribution is -2.58. The van der Waals surface area contributed by atoms with Gasteiger partial charge in [0.25, 0.3) is 0 Å². The number of likely N-dealkylation sites (N-methyl/N-ethyl adjacent to an activating group) is 1. The van der Waals surface area contributed by atoms with Crippen LogP contribution in [0.15, 0.2) is 18.2 Å². The Morgan fingerprint density at radius 1 is 1.12 bits per heavy atom. The second kappa shape index (κ2) is 8.72. The molecule has 1 saturated carbocycles. The van der Waals surface area contributed by atoms with Gasteiger partial charge in [-0.05, 0) is 37.6 Å². The van der Waals surface area contributed by atoms with Crippen molar-refractivity contribution >= 4 is 29.1 Å². The SMILES string of the molecule is CN1CCN(C2CCCCC2NC(=O)Cc2ccc(Cl)c(Cl)c2)CC1. The van der Waals surface area contributed by atoms with Crippen LogP contribution in [-0.4, -0.2) is 61.0 Å². The first-order valence-corrected chi connectivity index (χ1v) is 9.94. The molecule has 1 N–H and O–H groups in total. The van der Waals surface area contributed by atoms with Gasteiger partial charge in [0.15, 0.2) is 0 Å². The van der Waals surface area contributed by atoms with E-state index in [1.54, 1.807) is 12.1 Å². The van der Waals surface area contributed by atoms with Gasteiger partial charge in [0.2, 0.25) is 5.91 Å². The molecule has 25 heavy (non-hydrogen) atoms. The number of carbonyl (C=O) groups is 1. The molecule has 1 saturated heterocycles. The van der Waals surface area contributed by atoms with Gasteiger partial charge in [0, 0.05) is 38.3 Å². The van der Waals surface area contributed by atoms with Gasteiger partial charge in [-0.1, -0.05) is 42.1 Å². The fourth-order valence-corrected chi connectivity index (χ4v) is 4.28. The number of hydrogen-bond acceptors (Lipinski definition) is 3. The minimum atomic E-state index is 0.0735. The van der Waals surface area contributed by atoms with Crippen LogP contribution in [0, 0.1) is 0 Å². The van der Waals surface area contributed by atoms with E-state index < -0.39 is 0 Å². The van der Waals surface area contributed by atoms with Crippen LogP contribution in [0.5, 0.6) is 0 Å². The topological polar surface area (TPSA) is 35.6 Å². The summed E-state index contributed by atoms with van der Waals surface area (Å²) in [6.45, 7) is 4.42. The number of hydrogen-bond donors (Lipinski definition) is 1. The molecule has 3 rings (SSSR count). The summed E-state index contributed by atoms with van der Waals surface area (Å²) in [4.78, 5) is 17.5. The van der Waals surface area contributed by atoms with Crippen molar-refractivity contribution in [2.24, 2.45) is 0 Å². The zero-order chi connectivity index (χ0) is 17.8. The van der Waals surface area contributed by atoms with Gasteiger partial charge < -0.3 is 10.2 Å². The van der Waals surface area contributed by atoms with Gasteiger partial charge in [-0.2, -0.15) is 0 Å². The molecular formula is C19H27Cl2N3O. The molecule has 2 fully saturated rings. The Bertz CT molecular complexity index is 602. The first kappa shape index (κ1) is 19.0. The number of halogens is 2. The maximum atomic E-state index is 12.5. The third-order valence-electron chi connectivity index (χ3n) is 5.43. The lowest BCUT2D eigenvalue weighted by molar-refractivity contribution is -0.122. The van der Waals surface area contributed by atoms with Crippen molar-refractivity contribution in [2.75, 3.05) is 33.2 Å². The van der Waals surface area contributed by atoms with Crippen LogP contribution in [0.1, 0.15) is 31.2 Å². The van der Waals surface area contributed by atoms with Crippen molar-refractivity contribution < 1.29 is 4.79 Å². The Labute approximate surface area is 160 Å². The molecule has 138 valence electrons. The summed E-state index contributed by atoms with van der Waals surface area (Å²) < 4.78 is 0.